The number of nitrogens with two attached hydrogens (primary N) is 1. The first-order chi connectivity index (χ1) is 9.51. The monoisotopic (exact) mass is 278 g/mol. The predicted octanol–water partition coefficient (Wildman–Crippen LogP) is 3.35. The van der Waals surface area contributed by atoms with Crippen molar-refractivity contribution in [3.8, 4) is 0 Å². The Balaban J connectivity index is 2.06. The fourth-order valence-electron chi connectivity index (χ4n) is 3.03. The molecule has 3 heteroatoms. The number of rotatable bonds is 4. The molecular weight excluding hydrogens is 251 g/mol. The molecule has 1 atom stereocenters. The molecule has 2 rings (SSSR count). The second-order valence-electron chi connectivity index (χ2n) is 6.46. The second-order valence-corrected chi connectivity index (χ2v) is 6.46. The van der Waals surface area contributed by atoms with Crippen LogP contribution in [0.5, 0.6) is 0 Å². The smallest absolute Gasteiger partial charge is 0.126 e. The van der Waals surface area contributed by atoms with Gasteiger partial charge in [0.15, 0.2) is 0 Å². The Morgan fingerprint density at radius 1 is 1.15 bits per heavy atom. The van der Waals surface area contributed by atoms with Crippen LogP contribution in [0.15, 0.2) is 24.3 Å². The van der Waals surface area contributed by atoms with Crippen LogP contribution in [-0.4, -0.2) is 29.6 Å². The molecule has 0 amide bonds. The van der Waals surface area contributed by atoms with E-state index >= 15 is 0 Å². The van der Waals surface area contributed by atoms with E-state index in [0.717, 1.165) is 18.7 Å². The van der Waals surface area contributed by atoms with Crippen molar-refractivity contribution in [3.05, 3.63) is 35.6 Å². The molecular formula is C17H27FN2. The van der Waals surface area contributed by atoms with Crippen molar-refractivity contribution in [2.45, 2.75) is 57.5 Å². The minimum atomic E-state index is -0.144. The van der Waals surface area contributed by atoms with Gasteiger partial charge in [0.25, 0.3) is 0 Å². The number of likely N-dealkylation sites (tertiary alicyclic amines) is 1. The van der Waals surface area contributed by atoms with Crippen molar-refractivity contribution in [1.29, 1.82) is 0 Å². The highest BCUT2D eigenvalue weighted by Gasteiger charge is 2.33. The zero-order valence-electron chi connectivity index (χ0n) is 12.7. The molecule has 1 aromatic carbocycles. The maximum atomic E-state index is 13.8. The zero-order chi connectivity index (χ0) is 14.6. The zero-order valence-corrected chi connectivity index (χ0v) is 12.7. The Morgan fingerprint density at radius 2 is 1.75 bits per heavy atom. The Bertz CT molecular complexity index is 423. The quantitative estimate of drug-likeness (QED) is 0.915. The Kier molecular flexibility index (Phi) is 5.17. The van der Waals surface area contributed by atoms with E-state index in [4.69, 9.17) is 5.73 Å². The fraction of sp³-hybridized carbons (Fsp3) is 0.647. The van der Waals surface area contributed by atoms with Gasteiger partial charge in [0, 0.05) is 11.6 Å². The summed E-state index contributed by atoms with van der Waals surface area (Å²) in [6.07, 6.45) is 5.71. The summed E-state index contributed by atoms with van der Waals surface area (Å²) in [5, 5.41) is 0. The van der Waals surface area contributed by atoms with Crippen LogP contribution in [0.3, 0.4) is 0 Å². The lowest BCUT2D eigenvalue weighted by Gasteiger charge is -2.42. The Labute approximate surface area is 122 Å². The third-order valence-electron chi connectivity index (χ3n) is 4.73. The van der Waals surface area contributed by atoms with Crippen molar-refractivity contribution in [1.82, 2.24) is 4.90 Å². The molecule has 1 aromatic rings. The highest BCUT2D eigenvalue weighted by molar-refractivity contribution is 5.19. The Hall–Kier alpha value is -0.930. The van der Waals surface area contributed by atoms with Crippen molar-refractivity contribution >= 4 is 0 Å². The first-order valence-corrected chi connectivity index (χ1v) is 7.76. The van der Waals surface area contributed by atoms with E-state index in [0.29, 0.717) is 6.42 Å². The highest BCUT2D eigenvalue weighted by atomic mass is 19.1. The molecule has 0 saturated carbocycles. The summed E-state index contributed by atoms with van der Waals surface area (Å²) in [7, 11) is 0. The van der Waals surface area contributed by atoms with Crippen LogP contribution in [0.1, 0.15) is 45.1 Å². The first-order valence-electron chi connectivity index (χ1n) is 7.76. The minimum absolute atomic E-state index is 0.0579. The van der Waals surface area contributed by atoms with E-state index < -0.39 is 0 Å². The van der Waals surface area contributed by atoms with Crippen molar-refractivity contribution in [2.24, 2.45) is 5.73 Å². The number of benzene rings is 1. The largest absolute Gasteiger partial charge is 0.326 e. The van der Waals surface area contributed by atoms with Gasteiger partial charge >= 0.3 is 0 Å². The maximum Gasteiger partial charge on any atom is 0.126 e. The Morgan fingerprint density at radius 3 is 2.35 bits per heavy atom. The molecule has 1 unspecified atom stereocenters. The normalized spacial score (nSPS) is 19.6. The molecule has 0 bridgehead atoms. The van der Waals surface area contributed by atoms with Crippen LogP contribution in [0.4, 0.5) is 4.39 Å². The number of halogens is 1. The second kappa shape index (κ2) is 6.68. The highest BCUT2D eigenvalue weighted by Crippen LogP contribution is 2.25. The summed E-state index contributed by atoms with van der Waals surface area (Å²) < 4.78 is 13.8. The topological polar surface area (TPSA) is 29.3 Å². The molecule has 112 valence electrons. The fourth-order valence-corrected chi connectivity index (χ4v) is 3.03. The first kappa shape index (κ1) is 15.5. The molecule has 1 aliphatic rings. The lowest BCUT2D eigenvalue weighted by Crippen LogP contribution is -2.57. The summed E-state index contributed by atoms with van der Waals surface area (Å²) in [4.78, 5) is 2.49. The maximum absolute atomic E-state index is 13.8. The van der Waals surface area contributed by atoms with Gasteiger partial charge in [-0.2, -0.15) is 0 Å². The molecule has 1 heterocycles. The van der Waals surface area contributed by atoms with Gasteiger partial charge in [-0.3, -0.25) is 4.90 Å². The van der Waals surface area contributed by atoms with Gasteiger partial charge in [0.1, 0.15) is 5.82 Å². The van der Waals surface area contributed by atoms with Gasteiger partial charge in [-0.25, -0.2) is 4.39 Å². The van der Waals surface area contributed by atoms with E-state index in [1.165, 1.54) is 31.7 Å². The molecule has 0 aliphatic carbocycles. The van der Waals surface area contributed by atoms with Gasteiger partial charge in [0.05, 0.1) is 0 Å². The lowest BCUT2D eigenvalue weighted by molar-refractivity contribution is 0.0976. The average Bonchev–Trinajstić information content (AvgIpc) is 2.70. The van der Waals surface area contributed by atoms with Gasteiger partial charge in [-0.15, -0.1) is 0 Å². The minimum Gasteiger partial charge on any atom is -0.326 e. The van der Waals surface area contributed by atoms with Gasteiger partial charge < -0.3 is 5.73 Å². The molecule has 1 aliphatic heterocycles. The lowest BCUT2D eigenvalue weighted by atomic mass is 9.88. The van der Waals surface area contributed by atoms with Crippen LogP contribution < -0.4 is 5.73 Å². The van der Waals surface area contributed by atoms with Crippen molar-refractivity contribution in [3.63, 3.8) is 0 Å². The SMILES string of the molecule is CC(C)(C(N)Cc1ccccc1F)N1CCCCCC1. The molecule has 0 radical (unpaired) electrons. The van der Waals surface area contributed by atoms with Crippen LogP contribution >= 0.6 is 0 Å². The van der Waals surface area contributed by atoms with E-state index in [1.807, 2.05) is 12.1 Å². The molecule has 2 N–H and O–H groups in total. The van der Waals surface area contributed by atoms with Gasteiger partial charge in [0.2, 0.25) is 0 Å². The molecule has 0 spiro atoms. The molecule has 1 fully saturated rings. The third-order valence-corrected chi connectivity index (χ3v) is 4.73. The summed E-state index contributed by atoms with van der Waals surface area (Å²) >= 11 is 0. The van der Waals surface area contributed by atoms with Crippen LogP contribution in [0, 0.1) is 5.82 Å². The van der Waals surface area contributed by atoms with Crippen molar-refractivity contribution in [2.75, 3.05) is 13.1 Å². The molecule has 0 aromatic heterocycles. The number of hydrogen-bond donors (Lipinski definition) is 1. The molecule has 20 heavy (non-hydrogen) atoms. The van der Waals surface area contributed by atoms with Gasteiger partial charge in [-0.1, -0.05) is 31.0 Å². The van der Waals surface area contributed by atoms with Crippen LogP contribution in [-0.2, 0) is 6.42 Å². The van der Waals surface area contributed by atoms with E-state index in [2.05, 4.69) is 18.7 Å². The number of hydrogen-bond acceptors (Lipinski definition) is 2. The van der Waals surface area contributed by atoms with E-state index in [-0.39, 0.29) is 17.4 Å². The third kappa shape index (κ3) is 3.58. The van der Waals surface area contributed by atoms with Crippen molar-refractivity contribution < 1.29 is 4.39 Å². The standard InChI is InChI=1S/C17H27FN2/c1-17(2,20-11-7-3-4-8-12-20)16(19)13-14-9-5-6-10-15(14)18/h5-6,9-10,16H,3-4,7-8,11-13,19H2,1-2H3. The average molecular weight is 278 g/mol. The summed E-state index contributed by atoms with van der Waals surface area (Å²) in [5.74, 6) is -0.144. The van der Waals surface area contributed by atoms with E-state index in [9.17, 15) is 4.39 Å². The molecule has 1 saturated heterocycles. The van der Waals surface area contributed by atoms with Crippen LogP contribution in [0.2, 0.25) is 0 Å². The summed E-state index contributed by atoms with van der Waals surface area (Å²) in [6.45, 7) is 6.61. The predicted molar refractivity (Wildman–Crippen MR) is 82.2 cm³/mol. The van der Waals surface area contributed by atoms with Crippen LogP contribution in [0.25, 0.3) is 0 Å². The van der Waals surface area contributed by atoms with Gasteiger partial charge in [-0.05, 0) is 57.8 Å². The summed E-state index contributed by atoms with van der Waals surface area (Å²) in [5.41, 5.74) is 7.06. The van der Waals surface area contributed by atoms with E-state index in [1.54, 1.807) is 6.07 Å². The number of nitrogens with zero attached hydrogens (tertiary/aromatic N) is 1. The summed E-state index contributed by atoms with van der Waals surface area (Å²) in [6, 6.07) is 6.90. The molecule has 2 nitrogen and oxygen atoms in total.